The van der Waals surface area contributed by atoms with Gasteiger partial charge in [-0.15, -0.1) is 0 Å². The molecule has 4 heteroatoms. The van der Waals surface area contributed by atoms with E-state index in [4.69, 9.17) is 4.42 Å². The van der Waals surface area contributed by atoms with Gasteiger partial charge in [-0.05, 0) is 6.92 Å². The van der Waals surface area contributed by atoms with Crippen LogP contribution in [-0.2, 0) is 11.2 Å². The van der Waals surface area contributed by atoms with Crippen LogP contribution in [0.3, 0.4) is 0 Å². The summed E-state index contributed by atoms with van der Waals surface area (Å²) in [5.41, 5.74) is 0. The number of carbonyl (C=O) groups is 1. The fourth-order valence-electron chi connectivity index (χ4n) is 0.607. The van der Waals surface area contributed by atoms with Gasteiger partial charge >= 0.3 is 0 Å². The Morgan fingerprint density at radius 3 is 3.00 bits per heavy atom. The van der Waals surface area contributed by atoms with E-state index in [0.717, 1.165) is 0 Å². The van der Waals surface area contributed by atoms with Gasteiger partial charge in [-0.2, -0.15) is 0 Å². The first-order chi connectivity index (χ1) is 4.68. The van der Waals surface area contributed by atoms with Crippen LogP contribution in [-0.4, -0.2) is 11.0 Å². The van der Waals surface area contributed by atoms with E-state index in [-0.39, 0.29) is 12.3 Å². The minimum absolute atomic E-state index is 0.192. The van der Waals surface area contributed by atoms with Gasteiger partial charge in [0.15, 0.2) is 5.89 Å². The number of oxazole rings is 1. The number of rotatable bonds is 2. The number of aliphatic carboxylic acids is 1. The van der Waals surface area contributed by atoms with Crippen molar-refractivity contribution in [3.05, 3.63) is 17.8 Å². The van der Waals surface area contributed by atoms with Crippen LogP contribution in [0.25, 0.3) is 0 Å². The quantitative estimate of drug-likeness (QED) is 0.543. The van der Waals surface area contributed by atoms with Gasteiger partial charge in [0.05, 0.1) is 18.6 Å². The highest BCUT2D eigenvalue weighted by molar-refractivity contribution is 5.66. The predicted molar refractivity (Wildman–Crippen MR) is 30.0 cm³/mol. The molecule has 0 unspecified atom stereocenters. The number of carboxylic acid groups (broad SMARTS) is 1. The SMILES string of the molecule is Cc1cnc(CC(=O)[O-])o1. The maximum absolute atomic E-state index is 9.97. The topological polar surface area (TPSA) is 66.2 Å². The molecule has 0 aliphatic rings. The second-order valence-electron chi connectivity index (χ2n) is 1.91. The molecule has 1 aromatic rings. The van der Waals surface area contributed by atoms with Crippen molar-refractivity contribution < 1.29 is 14.3 Å². The number of nitrogens with zero attached hydrogens (tertiary/aromatic N) is 1. The third-order valence-electron chi connectivity index (χ3n) is 0.965. The highest BCUT2D eigenvalue weighted by Crippen LogP contribution is 2.00. The first kappa shape index (κ1) is 6.80. The maximum atomic E-state index is 9.97. The van der Waals surface area contributed by atoms with E-state index in [2.05, 4.69) is 4.98 Å². The summed E-state index contributed by atoms with van der Waals surface area (Å²) < 4.78 is 4.86. The van der Waals surface area contributed by atoms with Crippen LogP contribution in [0.2, 0.25) is 0 Å². The smallest absolute Gasteiger partial charge is 0.199 e. The van der Waals surface area contributed by atoms with Crippen molar-refractivity contribution in [2.24, 2.45) is 0 Å². The molecule has 1 aromatic heterocycles. The average molecular weight is 140 g/mol. The van der Waals surface area contributed by atoms with Crippen molar-refractivity contribution in [1.82, 2.24) is 4.98 Å². The largest absolute Gasteiger partial charge is 0.550 e. The Kier molecular flexibility index (Phi) is 1.71. The summed E-state index contributed by atoms with van der Waals surface area (Å²) in [6, 6.07) is 0. The zero-order valence-corrected chi connectivity index (χ0v) is 5.46. The van der Waals surface area contributed by atoms with Crippen molar-refractivity contribution in [2.75, 3.05) is 0 Å². The molecule has 1 rings (SSSR count). The lowest BCUT2D eigenvalue weighted by molar-refractivity contribution is -0.305. The minimum Gasteiger partial charge on any atom is -0.550 e. The molecule has 10 heavy (non-hydrogen) atoms. The fraction of sp³-hybridized carbons (Fsp3) is 0.333. The van der Waals surface area contributed by atoms with E-state index in [1.807, 2.05) is 0 Å². The van der Waals surface area contributed by atoms with Gasteiger partial charge in [0, 0.05) is 0 Å². The average Bonchev–Trinajstić information content (AvgIpc) is 2.13. The summed E-state index contributed by atoms with van der Waals surface area (Å²) in [7, 11) is 0. The van der Waals surface area contributed by atoms with Crippen LogP contribution in [0, 0.1) is 6.92 Å². The van der Waals surface area contributed by atoms with E-state index in [9.17, 15) is 9.90 Å². The first-order valence-corrected chi connectivity index (χ1v) is 2.79. The maximum Gasteiger partial charge on any atom is 0.199 e. The first-order valence-electron chi connectivity index (χ1n) is 2.79. The molecule has 0 N–H and O–H groups in total. The zero-order chi connectivity index (χ0) is 7.56. The number of carbonyl (C=O) groups excluding carboxylic acids is 1. The number of carboxylic acids is 1. The summed E-state index contributed by atoms with van der Waals surface area (Å²) in [5, 5.41) is 9.97. The standard InChI is InChI=1S/C6H7NO3/c1-4-3-7-5(10-4)2-6(8)9/h3H,2H2,1H3,(H,8,9)/p-1. The molecule has 0 fully saturated rings. The zero-order valence-electron chi connectivity index (χ0n) is 5.46. The highest BCUT2D eigenvalue weighted by Gasteiger charge is 1.98. The fourth-order valence-corrected chi connectivity index (χ4v) is 0.607. The van der Waals surface area contributed by atoms with Gasteiger partial charge in [-0.25, -0.2) is 4.98 Å². The molecule has 0 radical (unpaired) electrons. The number of aromatic nitrogens is 1. The normalized spacial score (nSPS) is 9.70. The molecule has 0 aromatic carbocycles. The molecule has 0 saturated heterocycles. The van der Waals surface area contributed by atoms with E-state index >= 15 is 0 Å². The summed E-state index contributed by atoms with van der Waals surface area (Å²) >= 11 is 0. The van der Waals surface area contributed by atoms with Gasteiger partial charge in [-0.1, -0.05) is 0 Å². The number of hydrogen-bond acceptors (Lipinski definition) is 4. The van der Waals surface area contributed by atoms with E-state index in [0.29, 0.717) is 5.76 Å². The number of aryl methyl sites for hydroxylation is 1. The number of hydrogen-bond donors (Lipinski definition) is 0. The Labute approximate surface area is 57.5 Å². The van der Waals surface area contributed by atoms with E-state index in [1.165, 1.54) is 6.20 Å². The van der Waals surface area contributed by atoms with Gasteiger partial charge in [0.1, 0.15) is 5.76 Å². The van der Waals surface area contributed by atoms with Crippen molar-refractivity contribution in [1.29, 1.82) is 0 Å². The van der Waals surface area contributed by atoms with Crippen molar-refractivity contribution >= 4 is 5.97 Å². The highest BCUT2D eigenvalue weighted by atomic mass is 16.4. The molecule has 0 aliphatic carbocycles. The lowest BCUT2D eigenvalue weighted by Gasteiger charge is -1.94. The van der Waals surface area contributed by atoms with Crippen molar-refractivity contribution in [3.63, 3.8) is 0 Å². The Balaban J connectivity index is 2.67. The molecule has 0 spiro atoms. The molecule has 4 nitrogen and oxygen atoms in total. The van der Waals surface area contributed by atoms with Gasteiger partial charge in [0.2, 0.25) is 0 Å². The second-order valence-corrected chi connectivity index (χ2v) is 1.91. The molecular weight excluding hydrogens is 134 g/mol. The van der Waals surface area contributed by atoms with Crippen LogP contribution in [0.1, 0.15) is 11.7 Å². The van der Waals surface area contributed by atoms with E-state index < -0.39 is 5.97 Å². The predicted octanol–water partition coefficient (Wildman–Crippen LogP) is -0.725. The monoisotopic (exact) mass is 140 g/mol. The third kappa shape index (κ3) is 1.58. The van der Waals surface area contributed by atoms with Crippen LogP contribution in [0.4, 0.5) is 0 Å². The van der Waals surface area contributed by atoms with Gasteiger partial charge < -0.3 is 14.3 Å². The van der Waals surface area contributed by atoms with Gasteiger partial charge in [0.25, 0.3) is 0 Å². The summed E-state index contributed by atoms with van der Waals surface area (Å²) in [5.74, 6) is -0.379. The molecule has 54 valence electrons. The van der Waals surface area contributed by atoms with E-state index in [1.54, 1.807) is 6.92 Å². The van der Waals surface area contributed by atoms with Crippen LogP contribution < -0.4 is 5.11 Å². The lowest BCUT2D eigenvalue weighted by atomic mass is 10.4. The molecule has 0 bridgehead atoms. The van der Waals surface area contributed by atoms with Crippen LogP contribution in [0.5, 0.6) is 0 Å². The molecule has 0 atom stereocenters. The summed E-state index contributed by atoms with van der Waals surface area (Å²) in [4.78, 5) is 13.6. The minimum atomic E-state index is -1.18. The molecule has 0 saturated carbocycles. The Hall–Kier alpha value is -1.32. The summed E-state index contributed by atoms with van der Waals surface area (Å²) in [6.07, 6.45) is 1.21. The van der Waals surface area contributed by atoms with Gasteiger partial charge in [-0.3, -0.25) is 0 Å². The lowest BCUT2D eigenvalue weighted by Crippen LogP contribution is -2.24. The summed E-state index contributed by atoms with van der Waals surface area (Å²) in [6.45, 7) is 1.70. The molecular formula is C6H6NO3-. The third-order valence-corrected chi connectivity index (χ3v) is 0.965. The van der Waals surface area contributed by atoms with Crippen LogP contribution in [0.15, 0.2) is 10.6 Å². The van der Waals surface area contributed by atoms with Crippen molar-refractivity contribution in [2.45, 2.75) is 13.3 Å². The Morgan fingerprint density at radius 1 is 1.90 bits per heavy atom. The molecule has 1 heterocycles. The van der Waals surface area contributed by atoms with Crippen LogP contribution >= 0.6 is 0 Å². The molecule has 0 amide bonds. The second kappa shape index (κ2) is 2.51. The Bertz CT molecular complexity index is 241. The Morgan fingerprint density at radius 2 is 2.60 bits per heavy atom. The van der Waals surface area contributed by atoms with Crippen molar-refractivity contribution in [3.8, 4) is 0 Å². The molecule has 0 aliphatic heterocycles.